The highest BCUT2D eigenvalue weighted by atomic mass is 16.5. The molecule has 1 aliphatic heterocycles. The SMILES string of the molecule is COc1ccc(N2C[C@@H](c3nc4ccccc4n3CC(C)C)CC2=O)cc1. The molecule has 0 aliphatic carbocycles. The molecule has 5 nitrogen and oxygen atoms in total. The molecule has 4 rings (SSSR count). The maximum atomic E-state index is 12.7. The number of imidazole rings is 1. The van der Waals surface area contributed by atoms with Gasteiger partial charge in [0.05, 0.1) is 18.1 Å². The van der Waals surface area contributed by atoms with Crippen molar-refractivity contribution >= 4 is 22.6 Å². The fraction of sp³-hybridized carbons (Fsp3) is 0.364. The summed E-state index contributed by atoms with van der Waals surface area (Å²) in [4.78, 5) is 19.5. The van der Waals surface area contributed by atoms with Gasteiger partial charge < -0.3 is 14.2 Å². The van der Waals surface area contributed by atoms with Gasteiger partial charge in [0.25, 0.3) is 0 Å². The number of nitrogens with zero attached hydrogens (tertiary/aromatic N) is 3. The lowest BCUT2D eigenvalue weighted by Gasteiger charge is -2.18. The van der Waals surface area contributed by atoms with Gasteiger partial charge in [-0.2, -0.15) is 0 Å². The fourth-order valence-corrected chi connectivity index (χ4v) is 3.86. The summed E-state index contributed by atoms with van der Waals surface area (Å²) < 4.78 is 7.52. The van der Waals surface area contributed by atoms with Gasteiger partial charge in [-0.1, -0.05) is 26.0 Å². The monoisotopic (exact) mass is 363 g/mol. The number of rotatable bonds is 5. The second kappa shape index (κ2) is 7.06. The Bertz CT molecular complexity index is 959. The number of amides is 1. The first-order valence-corrected chi connectivity index (χ1v) is 9.46. The van der Waals surface area contributed by atoms with E-state index >= 15 is 0 Å². The largest absolute Gasteiger partial charge is 0.497 e. The summed E-state index contributed by atoms with van der Waals surface area (Å²) in [5.41, 5.74) is 3.06. The van der Waals surface area contributed by atoms with Crippen molar-refractivity contribution in [2.45, 2.75) is 32.7 Å². The summed E-state index contributed by atoms with van der Waals surface area (Å²) in [6, 6.07) is 15.9. The molecule has 1 saturated heterocycles. The number of ether oxygens (including phenoxy) is 1. The predicted molar refractivity (Wildman–Crippen MR) is 107 cm³/mol. The zero-order chi connectivity index (χ0) is 19.0. The molecule has 0 unspecified atom stereocenters. The molecule has 0 N–H and O–H groups in total. The quantitative estimate of drug-likeness (QED) is 0.682. The summed E-state index contributed by atoms with van der Waals surface area (Å²) in [6.07, 6.45) is 0.493. The summed E-state index contributed by atoms with van der Waals surface area (Å²) in [7, 11) is 1.64. The van der Waals surface area contributed by atoms with Crippen LogP contribution in [-0.2, 0) is 11.3 Å². The second-order valence-corrected chi connectivity index (χ2v) is 7.57. The first-order valence-electron chi connectivity index (χ1n) is 9.46. The fourth-order valence-electron chi connectivity index (χ4n) is 3.86. The maximum absolute atomic E-state index is 12.7. The average molecular weight is 363 g/mol. The lowest BCUT2D eigenvalue weighted by atomic mass is 10.1. The molecule has 140 valence electrons. The van der Waals surface area contributed by atoms with E-state index in [4.69, 9.17) is 9.72 Å². The third-order valence-corrected chi connectivity index (χ3v) is 5.11. The van der Waals surface area contributed by atoms with Crippen LogP contribution in [0.5, 0.6) is 5.75 Å². The Morgan fingerprint density at radius 1 is 1.15 bits per heavy atom. The standard InChI is InChI=1S/C22H25N3O2/c1-15(2)13-25-20-7-5-4-6-19(20)23-22(25)16-12-21(26)24(14-16)17-8-10-18(27-3)11-9-17/h4-11,15-16H,12-14H2,1-3H3/t16-/m0/s1. The molecular weight excluding hydrogens is 338 g/mol. The van der Waals surface area contributed by atoms with Gasteiger partial charge in [-0.15, -0.1) is 0 Å². The maximum Gasteiger partial charge on any atom is 0.227 e. The highest BCUT2D eigenvalue weighted by Gasteiger charge is 2.34. The third kappa shape index (κ3) is 3.29. The molecule has 1 fully saturated rings. The minimum atomic E-state index is 0.103. The minimum Gasteiger partial charge on any atom is -0.497 e. The lowest BCUT2D eigenvalue weighted by molar-refractivity contribution is -0.117. The number of hydrogen-bond acceptors (Lipinski definition) is 3. The molecule has 5 heteroatoms. The third-order valence-electron chi connectivity index (χ3n) is 5.11. The van der Waals surface area contributed by atoms with Crippen LogP contribution in [0.15, 0.2) is 48.5 Å². The van der Waals surface area contributed by atoms with E-state index in [0.717, 1.165) is 34.8 Å². The Balaban J connectivity index is 1.67. The van der Waals surface area contributed by atoms with Gasteiger partial charge >= 0.3 is 0 Å². The first kappa shape index (κ1) is 17.6. The highest BCUT2D eigenvalue weighted by Crippen LogP contribution is 2.34. The van der Waals surface area contributed by atoms with E-state index in [9.17, 15) is 4.79 Å². The van der Waals surface area contributed by atoms with E-state index in [1.165, 1.54) is 0 Å². The number of aromatic nitrogens is 2. The Labute approximate surface area is 159 Å². The van der Waals surface area contributed by atoms with Gasteiger partial charge in [-0.05, 0) is 42.3 Å². The number of anilines is 1. The summed E-state index contributed by atoms with van der Waals surface area (Å²) in [5, 5.41) is 0. The number of methoxy groups -OCH3 is 1. The topological polar surface area (TPSA) is 47.4 Å². The Morgan fingerprint density at radius 2 is 1.89 bits per heavy atom. The van der Waals surface area contributed by atoms with Gasteiger partial charge in [0.2, 0.25) is 5.91 Å². The van der Waals surface area contributed by atoms with E-state index in [2.05, 4.69) is 24.5 Å². The van der Waals surface area contributed by atoms with Crippen LogP contribution in [0.2, 0.25) is 0 Å². The molecule has 3 aromatic rings. The molecule has 2 heterocycles. The zero-order valence-electron chi connectivity index (χ0n) is 16.1. The van der Waals surface area contributed by atoms with Crippen molar-refractivity contribution in [1.82, 2.24) is 9.55 Å². The number of para-hydroxylation sites is 2. The van der Waals surface area contributed by atoms with E-state index in [1.807, 2.05) is 47.4 Å². The van der Waals surface area contributed by atoms with Crippen molar-refractivity contribution in [2.24, 2.45) is 5.92 Å². The van der Waals surface area contributed by atoms with E-state index in [0.29, 0.717) is 18.9 Å². The molecule has 27 heavy (non-hydrogen) atoms. The molecule has 1 aromatic heterocycles. The molecule has 1 atom stereocenters. The van der Waals surface area contributed by atoms with Crippen molar-refractivity contribution in [3.8, 4) is 5.75 Å². The Kier molecular flexibility index (Phi) is 4.60. The van der Waals surface area contributed by atoms with Crippen LogP contribution in [0.4, 0.5) is 5.69 Å². The van der Waals surface area contributed by atoms with Crippen LogP contribution in [-0.4, -0.2) is 29.1 Å². The number of fused-ring (bicyclic) bond motifs is 1. The molecule has 1 aliphatic rings. The summed E-state index contributed by atoms with van der Waals surface area (Å²) in [5.74, 6) is 2.57. The Morgan fingerprint density at radius 3 is 2.59 bits per heavy atom. The van der Waals surface area contributed by atoms with Crippen LogP contribution >= 0.6 is 0 Å². The number of hydrogen-bond donors (Lipinski definition) is 0. The van der Waals surface area contributed by atoms with Crippen molar-refractivity contribution in [2.75, 3.05) is 18.6 Å². The normalized spacial score (nSPS) is 17.3. The van der Waals surface area contributed by atoms with Crippen molar-refractivity contribution in [1.29, 1.82) is 0 Å². The van der Waals surface area contributed by atoms with Crippen molar-refractivity contribution in [3.63, 3.8) is 0 Å². The van der Waals surface area contributed by atoms with E-state index in [-0.39, 0.29) is 11.8 Å². The molecule has 0 saturated carbocycles. The molecule has 1 amide bonds. The van der Waals surface area contributed by atoms with Gasteiger partial charge in [-0.3, -0.25) is 4.79 Å². The Hall–Kier alpha value is -2.82. The summed E-state index contributed by atoms with van der Waals surface area (Å²) in [6.45, 7) is 5.99. The van der Waals surface area contributed by atoms with Crippen LogP contribution in [0.3, 0.4) is 0 Å². The smallest absolute Gasteiger partial charge is 0.227 e. The van der Waals surface area contributed by atoms with Gasteiger partial charge in [0.15, 0.2) is 0 Å². The van der Waals surface area contributed by atoms with Crippen LogP contribution < -0.4 is 9.64 Å². The number of carbonyl (C=O) groups excluding carboxylic acids is 1. The van der Waals surface area contributed by atoms with Gasteiger partial charge in [-0.25, -0.2) is 4.98 Å². The first-order chi connectivity index (χ1) is 13.1. The molecule has 0 radical (unpaired) electrons. The predicted octanol–water partition coefficient (Wildman–Crippen LogP) is 4.22. The van der Waals surface area contributed by atoms with Crippen LogP contribution in [0.25, 0.3) is 11.0 Å². The second-order valence-electron chi connectivity index (χ2n) is 7.57. The lowest BCUT2D eigenvalue weighted by Crippen LogP contribution is -2.24. The molecular formula is C22H25N3O2. The number of benzene rings is 2. The number of carbonyl (C=O) groups is 1. The van der Waals surface area contributed by atoms with Gasteiger partial charge in [0.1, 0.15) is 11.6 Å². The van der Waals surface area contributed by atoms with E-state index < -0.39 is 0 Å². The highest BCUT2D eigenvalue weighted by molar-refractivity contribution is 5.96. The molecule has 2 aromatic carbocycles. The zero-order valence-corrected chi connectivity index (χ0v) is 16.1. The molecule has 0 spiro atoms. The van der Waals surface area contributed by atoms with Gasteiger partial charge in [0, 0.05) is 31.1 Å². The average Bonchev–Trinajstić information content (AvgIpc) is 3.22. The van der Waals surface area contributed by atoms with Crippen LogP contribution in [0.1, 0.15) is 32.0 Å². The van der Waals surface area contributed by atoms with Crippen LogP contribution in [0, 0.1) is 5.92 Å². The minimum absolute atomic E-state index is 0.103. The molecule has 0 bridgehead atoms. The van der Waals surface area contributed by atoms with E-state index in [1.54, 1.807) is 7.11 Å². The van der Waals surface area contributed by atoms with Crippen molar-refractivity contribution < 1.29 is 9.53 Å². The van der Waals surface area contributed by atoms with Crippen molar-refractivity contribution in [3.05, 3.63) is 54.4 Å². The summed E-state index contributed by atoms with van der Waals surface area (Å²) >= 11 is 0.